The Bertz CT molecular complexity index is 674. The quantitative estimate of drug-likeness (QED) is 0.387. The zero-order valence-electron chi connectivity index (χ0n) is 10.6. The van der Waals surface area contributed by atoms with Gasteiger partial charge in [-0.2, -0.15) is 0 Å². The Kier molecular flexibility index (Phi) is 4.24. The van der Waals surface area contributed by atoms with Crippen molar-refractivity contribution < 1.29 is 14.3 Å². The molecule has 0 saturated heterocycles. The lowest BCUT2D eigenvalue weighted by Crippen LogP contribution is -2.14. The summed E-state index contributed by atoms with van der Waals surface area (Å²) in [4.78, 5) is 0. The number of benzene rings is 2. The van der Waals surface area contributed by atoms with E-state index in [1.54, 1.807) is 24.3 Å². The number of hydrogen-bond donors (Lipinski definition) is 2. The summed E-state index contributed by atoms with van der Waals surface area (Å²) in [6.45, 7) is 1.82. The maximum absolute atomic E-state index is 13.1. The maximum Gasteiger partial charge on any atom is 0.170 e. The number of ether oxygens (including phenoxy) is 1. The highest BCUT2D eigenvalue weighted by Crippen LogP contribution is 2.27. The van der Waals surface area contributed by atoms with E-state index in [1.165, 1.54) is 12.1 Å². The molecule has 0 atom stereocenters. The summed E-state index contributed by atoms with van der Waals surface area (Å²) in [5, 5.41) is 11.6. The summed E-state index contributed by atoms with van der Waals surface area (Å²) < 4.78 is 19.1. The predicted octanol–water partition coefficient (Wildman–Crippen LogP) is 3.78. The summed E-state index contributed by atoms with van der Waals surface area (Å²) in [5.41, 5.74) is 6.98. The molecule has 2 aromatic carbocycles. The molecule has 2 aromatic rings. The SMILES string of the molecule is Cc1cc(Oc2ccc(F)c(Br)c2)ccc1/C(N)=N/O. The van der Waals surface area contributed by atoms with Crippen molar-refractivity contribution in [2.24, 2.45) is 10.9 Å². The average Bonchev–Trinajstić information content (AvgIpc) is 2.42. The Morgan fingerprint density at radius 2 is 1.90 bits per heavy atom. The monoisotopic (exact) mass is 338 g/mol. The summed E-state index contributed by atoms with van der Waals surface area (Å²) in [6, 6.07) is 9.53. The zero-order chi connectivity index (χ0) is 14.7. The molecule has 104 valence electrons. The maximum atomic E-state index is 13.1. The number of halogens is 2. The highest BCUT2D eigenvalue weighted by Gasteiger charge is 2.07. The van der Waals surface area contributed by atoms with E-state index < -0.39 is 0 Å². The van der Waals surface area contributed by atoms with Crippen LogP contribution in [0.2, 0.25) is 0 Å². The molecule has 0 amide bonds. The summed E-state index contributed by atoms with van der Waals surface area (Å²) in [7, 11) is 0. The second kappa shape index (κ2) is 5.92. The fourth-order valence-electron chi connectivity index (χ4n) is 1.72. The van der Waals surface area contributed by atoms with Crippen molar-refractivity contribution in [3.63, 3.8) is 0 Å². The molecule has 0 aliphatic rings. The van der Waals surface area contributed by atoms with E-state index in [2.05, 4.69) is 21.1 Å². The molecule has 0 unspecified atom stereocenters. The van der Waals surface area contributed by atoms with Gasteiger partial charge in [-0.25, -0.2) is 4.39 Å². The van der Waals surface area contributed by atoms with Crippen LogP contribution in [0.5, 0.6) is 11.5 Å². The van der Waals surface area contributed by atoms with Crippen LogP contribution in [0, 0.1) is 12.7 Å². The van der Waals surface area contributed by atoms with E-state index in [0.717, 1.165) is 5.56 Å². The first-order chi connectivity index (χ1) is 9.51. The number of rotatable bonds is 3. The Balaban J connectivity index is 2.26. The zero-order valence-corrected chi connectivity index (χ0v) is 12.2. The van der Waals surface area contributed by atoms with Crippen molar-refractivity contribution >= 4 is 21.8 Å². The van der Waals surface area contributed by atoms with Crippen molar-refractivity contribution in [3.8, 4) is 11.5 Å². The molecule has 3 N–H and O–H groups in total. The van der Waals surface area contributed by atoms with Gasteiger partial charge in [0.05, 0.1) is 4.47 Å². The van der Waals surface area contributed by atoms with Crippen LogP contribution < -0.4 is 10.5 Å². The van der Waals surface area contributed by atoms with Gasteiger partial charge in [-0.1, -0.05) is 5.16 Å². The van der Waals surface area contributed by atoms with Gasteiger partial charge in [-0.05, 0) is 64.8 Å². The lowest BCUT2D eigenvalue weighted by Gasteiger charge is -2.09. The molecule has 2 rings (SSSR count). The molecular weight excluding hydrogens is 327 g/mol. The number of oxime groups is 1. The third-order valence-electron chi connectivity index (χ3n) is 2.71. The van der Waals surface area contributed by atoms with Crippen LogP contribution >= 0.6 is 15.9 Å². The number of amidine groups is 1. The number of hydrogen-bond acceptors (Lipinski definition) is 3. The van der Waals surface area contributed by atoms with Gasteiger partial charge < -0.3 is 15.7 Å². The Morgan fingerprint density at radius 1 is 1.25 bits per heavy atom. The number of nitrogens with two attached hydrogens (primary N) is 1. The Hall–Kier alpha value is -2.08. The topological polar surface area (TPSA) is 67.8 Å². The van der Waals surface area contributed by atoms with Gasteiger partial charge in [0.15, 0.2) is 5.84 Å². The second-order valence-corrected chi connectivity index (χ2v) is 4.99. The summed E-state index contributed by atoms with van der Waals surface area (Å²) >= 11 is 3.10. The van der Waals surface area contributed by atoms with Crippen LogP contribution in [0.3, 0.4) is 0 Å². The molecule has 0 heterocycles. The lowest BCUT2D eigenvalue weighted by atomic mass is 10.1. The van der Waals surface area contributed by atoms with Crippen LogP contribution in [-0.2, 0) is 0 Å². The number of aryl methyl sites for hydroxylation is 1. The van der Waals surface area contributed by atoms with Gasteiger partial charge >= 0.3 is 0 Å². The van der Waals surface area contributed by atoms with Crippen LogP contribution in [0.15, 0.2) is 46.0 Å². The third kappa shape index (κ3) is 3.08. The molecular formula is C14H12BrFN2O2. The molecule has 0 aliphatic heterocycles. The molecule has 4 nitrogen and oxygen atoms in total. The van der Waals surface area contributed by atoms with E-state index in [1.807, 2.05) is 6.92 Å². The van der Waals surface area contributed by atoms with E-state index in [4.69, 9.17) is 15.7 Å². The molecule has 0 aromatic heterocycles. The van der Waals surface area contributed by atoms with Crippen LogP contribution in [0.25, 0.3) is 0 Å². The van der Waals surface area contributed by atoms with Crippen molar-refractivity contribution in [3.05, 3.63) is 57.8 Å². The normalized spacial score (nSPS) is 11.4. The summed E-state index contributed by atoms with van der Waals surface area (Å²) in [5.74, 6) is 0.777. The van der Waals surface area contributed by atoms with Crippen molar-refractivity contribution in [1.29, 1.82) is 0 Å². The fraction of sp³-hybridized carbons (Fsp3) is 0.0714. The summed E-state index contributed by atoms with van der Waals surface area (Å²) in [6.07, 6.45) is 0. The third-order valence-corrected chi connectivity index (χ3v) is 3.32. The molecule has 0 bridgehead atoms. The minimum absolute atomic E-state index is 0.0403. The smallest absolute Gasteiger partial charge is 0.170 e. The number of nitrogens with zero attached hydrogens (tertiary/aromatic N) is 1. The Morgan fingerprint density at radius 3 is 2.50 bits per heavy atom. The molecule has 0 radical (unpaired) electrons. The largest absolute Gasteiger partial charge is 0.457 e. The van der Waals surface area contributed by atoms with E-state index >= 15 is 0 Å². The van der Waals surface area contributed by atoms with Gasteiger partial charge in [-0.3, -0.25) is 0 Å². The molecule has 20 heavy (non-hydrogen) atoms. The van der Waals surface area contributed by atoms with Crippen LogP contribution in [-0.4, -0.2) is 11.0 Å². The lowest BCUT2D eigenvalue weighted by molar-refractivity contribution is 0.318. The van der Waals surface area contributed by atoms with Crippen LogP contribution in [0.1, 0.15) is 11.1 Å². The first kappa shape index (κ1) is 14.3. The first-order valence-electron chi connectivity index (χ1n) is 5.72. The van der Waals surface area contributed by atoms with Crippen molar-refractivity contribution in [2.45, 2.75) is 6.92 Å². The van der Waals surface area contributed by atoms with Crippen LogP contribution in [0.4, 0.5) is 4.39 Å². The first-order valence-corrected chi connectivity index (χ1v) is 6.52. The standard InChI is InChI=1S/C14H12BrFN2O2/c1-8-6-9(2-4-11(8)14(17)18-19)20-10-3-5-13(16)12(15)7-10/h2-7,19H,1H3,(H2,17,18). The molecule has 0 spiro atoms. The van der Waals surface area contributed by atoms with E-state index in [-0.39, 0.29) is 11.7 Å². The second-order valence-electron chi connectivity index (χ2n) is 4.14. The van der Waals surface area contributed by atoms with Gasteiger partial charge in [0.25, 0.3) is 0 Å². The molecule has 0 fully saturated rings. The van der Waals surface area contributed by atoms with Gasteiger partial charge in [-0.15, -0.1) is 0 Å². The Labute approximate surface area is 123 Å². The predicted molar refractivity (Wildman–Crippen MR) is 77.9 cm³/mol. The molecule has 0 aliphatic carbocycles. The average molecular weight is 339 g/mol. The fourth-order valence-corrected chi connectivity index (χ4v) is 2.08. The highest BCUT2D eigenvalue weighted by atomic mass is 79.9. The van der Waals surface area contributed by atoms with Crippen molar-refractivity contribution in [1.82, 2.24) is 0 Å². The van der Waals surface area contributed by atoms with Gasteiger partial charge in [0.2, 0.25) is 0 Å². The minimum Gasteiger partial charge on any atom is -0.457 e. The van der Waals surface area contributed by atoms with E-state index in [0.29, 0.717) is 21.5 Å². The molecule has 0 saturated carbocycles. The van der Waals surface area contributed by atoms with Gasteiger partial charge in [0.1, 0.15) is 17.3 Å². The van der Waals surface area contributed by atoms with E-state index in [9.17, 15) is 4.39 Å². The van der Waals surface area contributed by atoms with Crippen molar-refractivity contribution in [2.75, 3.05) is 0 Å². The minimum atomic E-state index is -0.351. The van der Waals surface area contributed by atoms with Gasteiger partial charge in [0, 0.05) is 5.56 Å². The molecule has 6 heteroatoms. The highest BCUT2D eigenvalue weighted by molar-refractivity contribution is 9.10.